The second kappa shape index (κ2) is 14.2. The molecule has 1 N–H and O–H groups in total. The lowest BCUT2D eigenvalue weighted by atomic mass is 9.98. The van der Waals surface area contributed by atoms with Gasteiger partial charge in [-0.1, -0.05) is 29.8 Å². The highest BCUT2D eigenvalue weighted by atomic mass is 35.5. The third-order valence-corrected chi connectivity index (χ3v) is 9.19. The van der Waals surface area contributed by atoms with E-state index in [9.17, 15) is 9.59 Å². The van der Waals surface area contributed by atoms with Gasteiger partial charge >= 0.3 is 6.03 Å². The molecule has 45 heavy (non-hydrogen) atoms. The Morgan fingerprint density at radius 3 is 2.44 bits per heavy atom. The molecule has 0 saturated carbocycles. The third kappa shape index (κ3) is 7.60. The number of hydrogen-bond donors (Lipinski definition) is 1. The van der Waals surface area contributed by atoms with Crippen LogP contribution in [0.15, 0.2) is 66.9 Å². The van der Waals surface area contributed by atoms with Crippen molar-refractivity contribution >= 4 is 23.5 Å². The standard InChI is InChI=1S/C35H42ClN5O4/c1-24(2)38-34(42)26-7-9-31(10-8-26)45-33-11-6-25(21-37-33)22-39-16-12-30(13-17-39)41-32(27-4-3-5-28(36)20-27)23-40(35(41)43)29-14-18-44-19-15-29/h3-11,20-21,24,29-30,32H,12-19,22-23H2,1-2H3,(H,38,42). The third-order valence-electron chi connectivity index (χ3n) is 8.95. The summed E-state index contributed by atoms with van der Waals surface area (Å²) < 4.78 is 11.5. The van der Waals surface area contributed by atoms with Crippen LogP contribution in [-0.2, 0) is 11.3 Å². The Bertz CT molecular complexity index is 1450. The van der Waals surface area contributed by atoms with Gasteiger partial charge in [-0.25, -0.2) is 9.78 Å². The number of rotatable bonds is 9. The van der Waals surface area contributed by atoms with Crippen molar-refractivity contribution in [3.05, 3.63) is 88.6 Å². The number of aromatic nitrogens is 1. The van der Waals surface area contributed by atoms with Crippen molar-refractivity contribution in [2.75, 3.05) is 32.8 Å². The molecular formula is C35H42ClN5O4. The van der Waals surface area contributed by atoms with Gasteiger partial charge in [0.2, 0.25) is 5.88 Å². The molecule has 3 aliphatic heterocycles. The van der Waals surface area contributed by atoms with Crippen LogP contribution < -0.4 is 10.1 Å². The number of ether oxygens (including phenoxy) is 2. The molecule has 1 unspecified atom stereocenters. The summed E-state index contributed by atoms with van der Waals surface area (Å²) in [6, 6.07) is 19.6. The summed E-state index contributed by atoms with van der Waals surface area (Å²) in [6.45, 7) is 8.59. The molecule has 9 nitrogen and oxygen atoms in total. The van der Waals surface area contributed by atoms with Gasteiger partial charge in [0.15, 0.2) is 0 Å². The molecule has 6 rings (SSSR count). The van der Waals surface area contributed by atoms with Crippen molar-refractivity contribution in [1.29, 1.82) is 0 Å². The van der Waals surface area contributed by atoms with Crippen LogP contribution in [0.5, 0.6) is 11.6 Å². The Hall–Kier alpha value is -3.66. The van der Waals surface area contributed by atoms with Crippen molar-refractivity contribution in [1.82, 2.24) is 25.0 Å². The van der Waals surface area contributed by atoms with E-state index in [0.717, 1.165) is 56.4 Å². The predicted molar refractivity (Wildman–Crippen MR) is 174 cm³/mol. The number of benzene rings is 2. The van der Waals surface area contributed by atoms with E-state index in [1.807, 2.05) is 50.4 Å². The van der Waals surface area contributed by atoms with Crippen LogP contribution >= 0.6 is 11.6 Å². The first kappa shape index (κ1) is 31.3. The van der Waals surface area contributed by atoms with Gasteiger partial charge < -0.3 is 24.6 Å². The molecule has 10 heteroatoms. The first-order valence-electron chi connectivity index (χ1n) is 16.0. The quantitative estimate of drug-likeness (QED) is 0.299. The molecule has 3 aliphatic rings. The summed E-state index contributed by atoms with van der Waals surface area (Å²) in [5, 5.41) is 3.59. The minimum atomic E-state index is -0.104. The van der Waals surface area contributed by atoms with Crippen molar-refractivity contribution < 1.29 is 19.1 Å². The van der Waals surface area contributed by atoms with Crippen molar-refractivity contribution in [3.63, 3.8) is 0 Å². The van der Waals surface area contributed by atoms with Crippen LogP contribution in [-0.4, -0.2) is 82.6 Å². The lowest BCUT2D eigenvalue weighted by molar-refractivity contribution is 0.0493. The highest BCUT2D eigenvalue weighted by molar-refractivity contribution is 6.30. The maximum Gasteiger partial charge on any atom is 0.321 e. The molecule has 1 aromatic heterocycles. The topological polar surface area (TPSA) is 87.2 Å². The Morgan fingerprint density at radius 2 is 1.78 bits per heavy atom. The van der Waals surface area contributed by atoms with Crippen LogP contribution in [0, 0.1) is 0 Å². The van der Waals surface area contributed by atoms with Gasteiger partial charge in [-0.05, 0) is 87.1 Å². The molecule has 3 amide bonds. The number of amides is 3. The summed E-state index contributed by atoms with van der Waals surface area (Å²) in [5.41, 5.74) is 2.81. The number of carbonyl (C=O) groups excluding carboxylic acids is 2. The predicted octanol–water partition coefficient (Wildman–Crippen LogP) is 6.29. The highest BCUT2D eigenvalue weighted by Crippen LogP contribution is 2.38. The molecule has 0 aliphatic carbocycles. The number of urea groups is 1. The first-order chi connectivity index (χ1) is 21.8. The summed E-state index contributed by atoms with van der Waals surface area (Å²) >= 11 is 6.39. The number of likely N-dealkylation sites (tertiary alicyclic amines) is 1. The van der Waals surface area contributed by atoms with Gasteiger partial charge in [0.05, 0.1) is 6.04 Å². The Balaban J connectivity index is 1.05. The zero-order valence-corrected chi connectivity index (χ0v) is 26.8. The molecule has 0 radical (unpaired) electrons. The fourth-order valence-electron chi connectivity index (χ4n) is 6.65. The maximum absolute atomic E-state index is 13.9. The van der Waals surface area contributed by atoms with Gasteiger partial charge in [0.1, 0.15) is 5.75 Å². The molecule has 238 valence electrons. The van der Waals surface area contributed by atoms with E-state index in [1.165, 1.54) is 0 Å². The monoisotopic (exact) mass is 631 g/mol. The van der Waals surface area contributed by atoms with E-state index in [4.69, 9.17) is 21.1 Å². The molecule has 4 heterocycles. The van der Waals surface area contributed by atoms with E-state index >= 15 is 0 Å². The number of pyridine rings is 1. The van der Waals surface area contributed by atoms with Crippen molar-refractivity contribution in [2.45, 2.75) is 70.2 Å². The molecule has 3 saturated heterocycles. The zero-order chi connectivity index (χ0) is 31.3. The zero-order valence-electron chi connectivity index (χ0n) is 26.0. The number of nitrogens with zero attached hydrogens (tertiary/aromatic N) is 4. The lowest BCUT2D eigenvalue weighted by Gasteiger charge is -2.39. The van der Waals surface area contributed by atoms with Crippen LogP contribution in [0.1, 0.15) is 67.1 Å². The SMILES string of the molecule is CC(C)NC(=O)c1ccc(Oc2ccc(CN3CCC(N4C(=O)N(C5CCOCC5)CC4c4cccc(Cl)c4)CC3)cn2)cc1. The van der Waals surface area contributed by atoms with Crippen LogP contribution in [0.2, 0.25) is 5.02 Å². The lowest BCUT2D eigenvalue weighted by Crippen LogP contribution is -2.48. The molecule has 2 aromatic carbocycles. The molecule has 0 bridgehead atoms. The van der Waals surface area contributed by atoms with Crippen LogP contribution in [0.4, 0.5) is 4.79 Å². The Morgan fingerprint density at radius 1 is 1.02 bits per heavy atom. The second-order valence-electron chi connectivity index (χ2n) is 12.5. The average molecular weight is 632 g/mol. The smallest absolute Gasteiger partial charge is 0.321 e. The summed E-state index contributed by atoms with van der Waals surface area (Å²) in [5.74, 6) is 1.03. The van der Waals surface area contributed by atoms with Crippen LogP contribution in [0.25, 0.3) is 0 Å². The van der Waals surface area contributed by atoms with Crippen LogP contribution in [0.3, 0.4) is 0 Å². The van der Waals surface area contributed by atoms with E-state index in [-0.39, 0.29) is 36.1 Å². The van der Waals surface area contributed by atoms with E-state index in [1.54, 1.807) is 24.3 Å². The van der Waals surface area contributed by atoms with Crippen molar-refractivity contribution in [3.8, 4) is 11.6 Å². The molecular weight excluding hydrogens is 590 g/mol. The van der Waals surface area contributed by atoms with Gasteiger partial charge in [0.25, 0.3) is 5.91 Å². The van der Waals surface area contributed by atoms with E-state index < -0.39 is 0 Å². The first-order valence-corrected chi connectivity index (χ1v) is 16.4. The largest absolute Gasteiger partial charge is 0.439 e. The molecule has 3 aromatic rings. The molecule has 3 fully saturated rings. The Kier molecular flexibility index (Phi) is 9.88. The number of halogens is 1. The minimum Gasteiger partial charge on any atom is -0.439 e. The fourth-order valence-corrected chi connectivity index (χ4v) is 6.84. The van der Waals surface area contributed by atoms with Gasteiger partial charge in [-0.3, -0.25) is 9.69 Å². The van der Waals surface area contributed by atoms with E-state index in [0.29, 0.717) is 42.0 Å². The normalized spacial score (nSPS) is 20.2. The van der Waals surface area contributed by atoms with Crippen molar-refractivity contribution in [2.24, 2.45) is 0 Å². The summed E-state index contributed by atoms with van der Waals surface area (Å²) in [7, 11) is 0. The summed E-state index contributed by atoms with van der Waals surface area (Å²) in [4.78, 5) is 37.3. The van der Waals surface area contributed by atoms with Gasteiger partial charge in [0, 0.05) is 80.4 Å². The molecule has 0 spiro atoms. The van der Waals surface area contributed by atoms with Gasteiger partial charge in [-0.2, -0.15) is 0 Å². The minimum absolute atomic E-state index is 0.000682. The number of piperidine rings is 1. The van der Waals surface area contributed by atoms with E-state index in [2.05, 4.69) is 31.1 Å². The average Bonchev–Trinajstić information content (AvgIpc) is 3.39. The number of hydrogen-bond acceptors (Lipinski definition) is 6. The number of nitrogens with one attached hydrogen (secondary N) is 1. The Labute approximate surface area is 270 Å². The fraction of sp³-hybridized carbons (Fsp3) is 0.457. The highest BCUT2D eigenvalue weighted by Gasteiger charge is 2.45. The maximum atomic E-state index is 13.9. The number of carbonyl (C=O) groups is 2. The summed E-state index contributed by atoms with van der Waals surface area (Å²) in [6.07, 6.45) is 5.48. The molecule has 1 atom stereocenters. The second-order valence-corrected chi connectivity index (χ2v) is 13.0. The van der Waals surface area contributed by atoms with Gasteiger partial charge in [-0.15, -0.1) is 0 Å².